The average molecular weight is 346 g/mol. The van der Waals surface area contributed by atoms with Crippen molar-refractivity contribution in [2.45, 2.75) is 84.7 Å². The summed E-state index contributed by atoms with van der Waals surface area (Å²) in [7, 11) is 0. The van der Waals surface area contributed by atoms with Crippen LogP contribution in [0.25, 0.3) is 0 Å². The number of ether oxygens (including phenoxy) is 1. The highest BCUT2D eigenvalue weighted by molar-refractivity contribution is 5.81. The van der Waals surface area contributed by atoms with Gasteiger partial charge in [-0.2, -0.15) is 0 Å². The van der Waals surface area contributed by atoms with E-state index in [1.54, 1.807) is 0 Å². The second-order valence-corrected chi connectivity index (χ2v) is 7.31. The van der Waals surface area contributed by atoms with Crippen LogP contribution in [0.3, 0.4) is 0 Å². The van der Waals surface area contributed by atoms with E-state index in [0.29, 0.717) is 12.3 Å². The third-order valence-electron chi connectivity index (χ3n) is 5.37. The highest BCUT2D eigenvalue weighted by atomic mass is 16.5. The van der Waals surface area contributed by atoms with Crippen LogP contribution < -0.4 is 10.1 Å². The van der Waals surface area contributed by atoms with Gasteiger partial charge in [-0.3, -0.25) is 4.79 Å². The molecule has 1 aromatic carbocycles. The summed E-state index contributed by atoms with van der Waals surface area (Å²) in [5.74, 6) is 1.43. The maximum Gasteiger partial charge on any atom is 0.261 e. The van der Waals surface area contributed by atoms with Crippen LogP contribution in [-0.4, -0.2) is 18.6 Å². The fraction of sp³-hybridized carbons (Fsp3) is 0.682. The molecular weight excluding hydrogens is 310 g/mol. The van der Waals surface area contributed by atoms with E-state index in [1.807, 2.05) is 13.0 Å². The molecule has 0 aromatic heterocycles. The molecule has 0 spiro atoms. The third kappa shape index (κ3) is 6.05. The SMILES string of the molecule is CCCC[C@@H](CC)CNC(=O)[C@H](CC)Oc1ccc2c(c1)CCCC2. The molecule has 3 nitrogen and oxygen atoms in total. The van der Waals surface area contributed by atoms with Crippen LogP contribution in [0.5, 0.6) is 5.75 Å². The average Bonchev–Trinajstić information content (AvgIpc) is 2.65. The van der Waals surface area contributed by atoms with Crippen LogP contribution in [0.1, 0.15) is 76.8 Å². The van der Waals surface area contributed by atoms with E-state index in [1.165, 1.54) is 49.7 Å². The van der Waals surface area contributed by atoms with Gasteiger partial charge in [0.2, 0.25) is 0 Å². The van der Waals surface area contributed by atoms with E-state index in [-0.39, 0.29) is 5.91 Å². The van der Waals surface area contributed by atoms with Crippen molar-refractivity contribution in [1.82, 2.24) is 5.32 Å². The third-order valence-corrected chi connectivity index (χ3v) is 5.37. The summed E-state index contributed by atoms with van der Waals surface area (Å²) in [4.78, 5) is 12.5. The van der Waals surface area contributed by atoms with Gasteiger partial charge in [0.15, 0.2) is 6.10 Å². The molecule has 0 heterocycles. The molecule has 1 aliphatic rings. The zero-order valence-corrected chi connectivity index (χ0v) is 16.3. The van der Waals surface area contributed by atoms with Gasteiger partial charge in [0.25, 0.3) is 5.91 Å². The van der Waals surface area contributed by atoms with Crippen LogP contribution in [0.4, 0.5) is 0 Å². The minimum Gasteiger partial charge on any atom is -0.481 e. The summed E-state index contributed by atoms with van der Waals surface area (Å²) in [6.45, 7) is 7.19. The van der Waals surface area contributed by atoms with E-state index in [9.17, 15) is 4.79 Å². The van der Waals surface area contributed by atoms with Crippen molar-refractivity contribution in [2.75, 3.05) is 6.54 Å². The van der Waals surface area contributed by atoms with Crippen LogP contribution in [0.15, 0.2) is 18.2 Å². The molecule has 140 valence electrons. The van der Waals surface area contributed by atoms with Crippen LogP contribution in [-0.2, 0) is 17.6 Å². The van der Waals surface area contributed by atoms with Gasteiger partial charge in [-0.25, -0.2) is 0 Å². The lowest BCUT2D eigenvalue weighted by Crippen LogP contribution is -2.40. The first-order chi connectivity index (χ1) is 12.2. The molecule has 25 heavy (non-hydrogen) atoms. The smallest absolute Gasteiger partial charge is 0.261 e. The van der Waals surface area contributed by atoms with Gasteiger partial charge < -0.3 is 10.1 Å². The Balaban J connectivity index is 1.89. The Labute approximate surface area is 153 Å². The van der Waals surface area contributed by atoms with Crippen LogP contribution in [0, 0.1) is 5.92 Å². The maximum absolute atomic E-state index is 12.5. The molecule has 0 bridgehead atoms. The van der Waals surface area contributed by atoms with Crippen molar-refractivity contribution in [3.05, 3.63) is 29.3 Å². The van der Waals surface area contributed by atoms with E-state index >= 15 is 0 Å². The Morgan fingerprint density at radius 3 is 2.56 bits per heavy atom. The van der Waals surface area contributed by atoms with Gasteiger partial charge >= 0.3 is 0 Å². The van der Waals surface area contributed by atoms with Gasteiger partial charge in [-0.1, -0.05) is 46.1 Å². The van der Waals surface area contributed by atoms with Gasteiger partial charge in [-0.15, -0.1) is 0 Å². The second kappa shape index (κ2) is 10.5. The molecule has 1 aromatic rings. The van der Waals surface area contributed by atoms with Crippen molar-refractivity contribution < 1.29 is 9.53 Å². The fourth-order valence-corrected chi connectivity index (χ4v) is 3.57. The lowest BCUT2D eigenvalue weighted by Gasteiger charge is -2.22. The maximum atomic E-state index is 12.5. The largest absolute Gasteiger partial charge is 0.481 e. The van der Waals surface area contributed by atoms with E-state index in [0.717, 1.165) is 25.1 Å². The van der Waals surface area contributed by atoms with Crippen molar-refractivity contribution >= 4 is 5.91 Å². The number of aryl methyl sites for hydroxylation is 2. The highest BCUT2D eigenvalue weighted by Crippen LogP contribution is 2.26. The van der Waals surface area contributed by atoms with Gasteiger partial charge in [0.05, 0.1) is 0 Å². The number of hydrogen-bond donors (Lipinski definition) is 1. The molecular formula is C22H35NO2. The lowest BCUT2D eigenvalue weighted by molar-refractivity contribution is -0.128. The second-order valence-electron chi connectivity index (χ2n) is 7.31. The number of hydrogen-bond acceptors (Lipinski definition) is 2. The number of fused-ring (bicyclic) bond motifs is 1. The summed E-state index contributed by atoms with van der Waals surface area (Å²) in [5.41, 5.74) is 2.84. The molecule has 0 saturated carbocycles. The van der Waals surface area contributed by atoms with E-state index in [4.69, 9.17) is 4.74 Å². The van der Waals surface area contributed by atoms with Crippen molar-refractivity contribution in [2.24, 2.45) is 5.92 Å². The molecule has 0 fully saturated rings. The summed E-state index contributed by atoms with van der Waals surface area (Å²) in [5, 5.41) is 3.11. The highest BCUT2D eigenvalue weighted by Gasteiger charge is 2.20. The normalized spacial score (nSPS) is 16.0. The predicted molar refractivity (Wildman–Crippen MR) is 104 cm³/mol. The number of carbonyl (C=O) groups excluding carboxylic acids is 1. The molecule has 1 amide bonds. The van der Waals surface area contributed by atoms with Crippen LogP contribution in [0.2, 0.25) is 0 Å². The molecule has 0 unspecified atom stereocenters. The zero-order chi connectivity index (χ0) is 18.1. The molecule has 1 aliphatic carbocycles. The monoisotopic (exact) mass is 345 g/mol. The van der Waals surface area contributed by atoms with Gasteiger partial charge in [0, 0.05) is 6.54 Å². The van der Waals surface area contributed by atoms with E-state index < -0.39 is 6.10 Å². The molecule has 0 radical (unpaired) electrons. The van der Waals surface area contributed by atoms with Crippen molar-refractivity contribution in [3.63, 3.8) is 0 Å². The Hall–Kier alpha value is -1.51. The molecule has 0 aliphatic heterocycles. The van der Waals surface area contributed by atoms with Crippen LogP contribution >= 0.6 is 0 Å². The summed E-state index contributed by atoms with van der Waals surface area (Å²) >= 11 is 0. The van der Waals surface area contributed by atoms with Crippen molar-refractivity contribution in [1.29, 1.82) is 0 Å². The first-order valence-corrected chi connectivity index (χ1v) is 10.2. The molecule has 2 rings (SSSR count). The first-order valence-electron chi connectivity index (χ1n) is 10.2. The number of rotatable bonds is 10. The fourth-order valence-electron chi connectivity index (χ4n) is 3.57. The molecule has 3 heteroatoms. The van der Waals surface area contributed by atoms with E-state index in [2.05, 4.69) is 31.3 Å². The Morgan fingerprint density at radius 2 is 1.88 bits per heavy atom. The lowest BCUT2D eigenvalue weighted by atomic mass is 9.92. The number of benzene rings is 1. The number of carbonyl (C=O) groups is 1. The zero-order valence-electron chi connectivity index (χ0n) is 16.3. The van der Waals surface area contributed by atoms with Crippen molar-refractivity contribution in [3.8, 4) is 5.75 Å². The molecule has 1 N–H and O–H groups in total. The number of unbranched alkanes of at least 4 members (excludes halogenated alkanes) is 1. The minimum absolute atomic E-state index is 0.0233. The van der Waals surface area contributed by atoms with Gasteiger partial charge in [-0.05, 0) is 67.7 Å². The minimum atomic E-state index is -0.398. The topological polar surface area (TPSA) is 38.3 Å². The summed E-state index contributed by atoms with van der Waals surface area (Å²) < 4.78 is 6.03. The number of nitrogens with one attached hydrogen (secondary N) is 1. The Bertz CT molecular complexity index is 541. The Morgan fingerprint density at radius 1 is 1.12 bits per heavy atom. The molecule has 0 saturated heterocycles. The Kier molecular flexibility index (Phi) is 8.30. The summed E-state index contributed by atoms with van der Waals surface area (Å²) in [6, 6.07) is 6.34. The predicted octanol–water partition coefficient (Wildman–Crippen LogP) is 5.06. The molecule has 2 atom stereocenters. The number of amides is 1. The quantitative estimate of drug-likeness (QED) is 0.644. The summed E-state index contributed by atoms with van der Waals surface area (Å²) in [6.07, 6.45) is 9.88. The first kappa shape index (κ1) is 19.8. The standard InChI is InChI=1S/C22H35NO2/c1-4-7-10-17(5-2)16-23-22(24)21(6-3)25-20-14-13-18-11-8-9-12-19(18)15-20/h13-15,17,21H,4-12,16H2,1-3H3,(H,23,24)/t17-,21+/m1/s1. The van der Waals surface area contributed by atoms with Gasteiger partial charge in [0.1, 0.15) is 5.75 Å².